The first-order valence-corrected chi connectivity index (χ1v) is 25.9. The van der Waals surface area contributed by atoms with E-state index in [1.54, 1.807) is 99.1 Å². The number of unbranched alkanes of at least 4 members (excludes halogenated alkanes) is 2. The monoisotopic (exact) mass is 1050 g/mol. The number of ether oxygens (including phenoxy) is 6. The topological polar surface area (TPSA) is 155 Å². The Bertz CT molecular complexity index is 2840. The molecule has 0 saturated heterocycles. The number of rotatable bonds is 27. The van der Waals surface area contributed by atoms with Crippen molar-refractivity contribution >= 4 is 69.4 Å². The zero-order valence-corrected chi connectivity index (χ0v) is 45.1. The zero-order chi connectivity index (χ0) is 53.1. The van der Waals surface area contributed by atoms with Gasteiger partial charge in [-0.2, -0.15) is 0 Å². The summed E-state index contributed by atoms with van der Waals surface area (Å²) >= 11 is 13.4. The van der Waals surface area contributed by atoms with Crippen LogP contribution in [-0.4, -0.2) is 59.4 Å². The molecule has 4 N–H and O–H groups in total. The number of benzene rings is 6. The molecule has 0 aliphatic heterocycles. The number of hydrogen-bond acceptors (Lipinski definition) is 10. The molecule has 0 bridgehead atoms. The maximum absolute atomic E-state index is 13.5. The number of nitrogens with one attached hydrogen (secondary N) is 4. The molecule has 6 rings (SSSR count). The molecule has 2 unspecified atom stereocenters. The van der Waals surface area contributed by atoms with Crippen LogP contribution in [0.15, 0.2) is 109 Å². The SMILES string of the molecule is CCCCC(CC)COc1cc(OC)c(Nc2ccc(C(=O)Nc3ccc(-c4ccc(NC(=O)c5ccc(NC(=O)c6cc(OC)c(OCC(CC)CCCC)cc6OC)cc5)c(Cl)c4)cc3Cl)cc2)cc1OC. The van der Waals surface area contributed by atoms with Gasteiger partial charge in [0.05, 0.1) is 74.3 Å². The van der Waals surface area contributed by atoms with Gasteiger partial charge in [0.15, 0.2) is 23.0 Å². The van der Waals surface area contributed by atoms with Gasteiger partial charge in [-0.1, -0.05) is 102 Å². The normalized spacial score (nSPS) is 11.7. The smallest absolute Gasteiger partial charge is 0.259 e. The largest absolute Gasteiger partial charge is 0.496 e. The third-order valence-electron chi connectivity index (χ3n) is 12.9. The van der Waals surface area contributed by atoms with Crippen LogP contribution < -0.4 is 49.7 Å². The lowest BCUT2D eigenvalue weighted by molar-refractivity contribution is 0.101. The van der Waals surface area contributed by atoms with Gasteiger partial charge in [-0.25, -0.2) is 0 Å². The molecule has 74 heavy (non-hydrogen) atoms. The summed E-state index contributed by atoms with van der Waals surface area (Å²) in [6.07, 6.45) is 8.80. The van der Waals surface area contributed by atoms with Gasteiger partial charge < -0.3 is 49.7 Å². The van der Waals surface area contributed by atoms with Gasteiger partial charge in [0, 0.05) is 46.8 Å². The predicted octanol–water partition coefficient (Wildman–Crippen LogP) is 15.4. The van der Waals surface area contributed by atoms with Crippen LogP contribution in [0.2, 0.25) is 10.0 Å². The molecule has 3 amide bonds. The van der Waals surface area contributed by atoms with Gasteiger partial charge in [-0.3, -0.25) is 14.4 Å². The molecule has 13 nitrogen and oxygen atoms in total. The Hall–Kier alpha value is -7.09. The Morgan fingerprint density at radius 1 is 0.459 bits per heavy atom. The zero-order valence-electron chi connectivity index (χ0n) is 43.5. The van der Waals surface area contributed by atoms with Crippen molar-refractivity contribution in [2.45, 2.75) is 79.1 Å². The number of amides is 3. The van der Waals surface area contributed by atoms with Crippen molar-refractivity contribution < 1.29 is 42.8 Å². The number of hydrogen-bond donors (Lipinski definition) is 4. The van der Waals surface area contributed by atoms with E-state index in [2.05, 4.69) is 49.0 Å². The molecule has 6 aromatic carbocycles. The second-order valence-electron chi connectivity index (χ2n) is 17.9. The minimum absolute atomic E-state index is 0.262. The summed E-state index contributed by atoms with van der Waals surface area (Å²) < 4.78 is 34.9. The van der Waals surface area contributed by atoms with Crippen LogP contribution in [0.5, 0.6) is 34.5 Å². The van der Waals surface area contributed by atoms with Crippen molar-refractivity contribution in [2.75, 3.05) is 62.9 Å². The maximum atomic E-state index is 13.5. The molecule has 15 heteroatoms. The molecule has 0 heterocycles. The lowest BCUT2D eigenvalue weighted by Gasteiger charge is -2.19. The highest BCUT2D eigenvalue weighted by molar-refractivity contribution is 6.35. The Morgan fingerprint density at radius 2 is 0.905 bits per heavy atom. The summed E-state index contributed by atoms with van der Waals surface area (Å²) in [6.45, 7) is 9.83. The van der Waals surface area contributed by atoms with Crippen LogP contribution in [0.1, 0.15) is 110 Å². The molecular formula is C59H68Cl2N4O9. The summed E-state index contributed by atoms with van der Waals surface area (Å²) in [5.41, 5.74) is 5.21. The van der Waals surface area contributed by atoms with Gasteiger partial charge in [0.2, 0.25) is 0 Å². The van der Waals surface area contributed by atoms with Crippen molar-refractivity contribution in [3.63, 3.8) is 0 Å². The average molecular weight is 1050 g/mol. The van der Waals surface area contributed by atoms with Gasteiger partial charge in [0.1, 0.15) is 11.5 Å². The molecule has 0 aromatic heterocycles. The Labute approximate surface area is 445 Å². The summed E-state index contributed by atoms with van der Waals surface area (Å²) in [4.78, 5) is 40.2. The van der Waals surface area contributed by atoms with E-state index in [1.807, 2.05) is 24.3 Å². The van der Waals surface area contributed by atoms with Crippen LogP contribution >= 0.6 is 23.2 Å². The predicted molar refractivity (Wildman–Crippen MR) is 299 cm³/mol. The van der Waals surface area contributed by atoms with Crippen molar-refractivity contribution in [3.8, 4) is 45.6 Å². The summed E-state index contributed by atoms with van der Waals surface area (Å²) in [7, 11) is 6.23. The second kappa shape index (κ2) is 27.8. The summed E-state index contributed by atoms with van der Waals surface area (Å²) in [6, 6.07) is 30.9. The van der Waals surface area contributed by atoms with Gasteiger partial charge in [0.25, 0.3) is 17.7 Å². The molecule has 0 spiro atoms. The van der Waals surface area contributed by atoms with E-state index in [0.29, 0.717) is 103 Å². The quantitative estimate of drug-likeness (QED) is 0.0392. The number of halogens is 2. The summed E-state index contributed by atoms with van der Waals surface area (Å²) in [5, 5.41) is 12.6. The van der Waals surface area contributed by atoms with Gasteiger partial charge in [-0.05, 0) is 109 Å². The highest BCUT2D eigenvalue weighted by Gasteiger charge is 2.21. The van der Waals surface area contributed by atoms with E-state index in [0.717, 1.165) is 61.8 Å². The third-order valence-corrected chi connectivity index (χ3v) is 13.5. The molecular weight excluding hydrogens is 980 g/mol. The fourth-order valence-corrected chi connectivity index (χ4v) is 8.65. The van der Waals surface area contributed by atoms with Crippen molar-refractivity contribution in [3.05, 3.63) is 136 Å². The van der Waals surface area contributed by atoms with Crippen LogP contribution in [0, 0.1) is 11.8 Å². The van der Waals surface area contributed by atoms with Crippen LogP contribution in [-0.2, 0) is 0 Å². The van der Waals surface area contributed by atoms with E-state index in [-0.39, 0.29) is 11.5 Å². The van der Waals surface area contributed by atoms with E-state index in [4.69, 9.17) is 51.6 Å². The van der Waals surface area contributed by atoms with E-state index < -0.39 is 11.8 Å². The minimum atomic E-state index is -0.424. The first kappa shape index (κ1) is 56.2. The average Bonchev–Trinajstić information content (AvgIpc) is 3.42. The molecule has 2 atom stereocenters. The second-order valence-corrected chi connectivity index (χ2v) is 18.7. The Morgan fingerprint density at radius 3 is 1.34 bits per heavy atom. The van der Waals surface area contributed by atoms with Gasteiger partial charge >= 0.3 is 0 Å². The number of methoxy groups -OCH3 is 4. The standard InChI is InChI=1S/C59H68Cl2N4O9/c1-9-13-15-37(11-3)35-73-55-33-51(69-5)45(31-53(55)71-7)59(68)63-44-25-19-40(20-26-44)58(67)65-49-28-22-42(30-47(49)61)41-21-27-48(46(60)29-41)64-57(66)39-17-23-43(24-18-39)62-50-32-54(72-8)56(34-52(50)70-6)74-36-38(12-4)16-14-10-2/h17-34,37-38,62H,9-16,35-36H2,1-8H3,(H,63,68)(H,64,66)(H,65,67). The highest BCUT2D eigenvalue weighted by atomic mass is 35.5. The fraction of sp³-hybridized carbons (Fsp3) is 0.339. The van der Waals surface area contributed by atoms with E-state index in [1.165, 1.54) is 20.6 Å². The summed E-state index contributed by atoms with van der Waals surface area (Å²) in [5.74, 6) is 2.74. The lowest BCUT2D eigenvalue weighted by Crippen LogP contribution is -2.15. The molecule has 0 saturated carbocycles. The molecule has 0 aliphatic rings. The van der Waals surface area contributed by atoms with Crippen molar-refractivity contribution in [1.82, 2.24) is 0 Å². The lowest BCUT2D eigenvalue weighted by atomic mass is 10.0. The van der Waals surface area contributed by atoms with Crippen LogP contribution in [0.25, 0.3) is 11.1 Å². The van der Waals surface area contributed by atoms with Crippen molar-refractivity contribution in [2.24, 2.45) is 11.8 Å². The molecule has 0 radical (unpaired) electrons. The molecule has 0 fully saturated rings. The van der Waals surface area contributed by atoms with Gasteiger partial charge in [-0.15, -0.1) is 0 Å². The molecule has 0 aliphatic carbocycles. The minimum Gasteiger partial charge on any atom is -0.496 e. The molecule has 6 aromatic rings. The first-order valence-electron chi connectivity index (χ1n) is 25.1. The number of anilines is 5. The number of carbonyl (C=O) groups is 3. The first-order chi connectivity index (χ1) is 35.8. The Kier molecular flexibility index (Phi) is 21.1. The van der Waals surface area contributed by atoms with Crippen LogP contribution in [0.3, 0.4) is 0 Å². The number of carbonyl (C=O) groups excluding carboxylic acids is 3. The van der Waals surface area contributed by atoms with Crippen LogP contribution in [0.4, 0.5) is 28.4 Å². The maximum Gasteiger partial charge on any atom is 0.259 e. The van der Waals surface area contributed by atoms with E-state index in [9.17, 15) is 14.4 Å². The highest BCUT2D eigenvalue weighted by Crippen LogP contribution is 2.41. The fourth-order valence-electron chi connectivity index (χ4n) is 8.20. The molecule has 392 valence electrons. The van der Waals surface area contributed by atoms with Crippen molar-refractivity contribution in [1.29, 1.82) is 0 Å². The Balaban J connectivity index is 1.03. The third kappa shape index (κ3) is 15.0. The van der Waals surface area contributed by atoms with E-state index >= 15 is 0 Å².